The van der Waals surface area contributed by atoms with Crippen LogP contribution >= 0.6 is 27.5 Å². The lowest BCUT2D eigenvalue weighted by atomic mass is 9.97. The van der Waals surface area contributed by atoms with Crippen molar-refractivity contribution in [3.05, 3.63) is 86.1 Å². The first-order valence-corrected chi connectivity index (χ1v) is 11.7. The van der Waals surface area contributed by atoms with E-state index in [-0.39, 0.29) is 5.91 Å². The molecule has 0 bridgehead atoms. The second-order valence-corrected chi connectivity index (χ2v) is 9.59. The van der Waals surface area contributed by atoms with Crippen molar-refractivity contribution in [2.75, 3.05) is 26.1 Å². The molecule has 1 aliphatic heterocycles. The van der Waals surface area contributed by atoms with Crippen molar-refractivity contribution < 1.29 is 13.9 Å². The fourth-order valence-electron chi connectivity index (χ4n) is 4.40. The minimum absolute atomic E-state index is 0.272. The Morgan fingerprint density at radius 3 is 2.62 bits per heavy atom. The summed E-state index contributed by atoms with van der Waals surface area (Å²) in [5, 5.41) is 3.34. The SMILES string of the molecule is COc1ccc(Cn2c(N(C)C)nc3c4c(c(Br)cc32)C(c2cc(F)ccc2Cl)NC4=O)cc1. The van der Waals surface area contributed by atoms with Crippen molar-refractivity contribution in [2.24, 2.45) is 0 Å². The van der Waals surface area contributed by atoms with E-state index in [0.29, 0.717) is 39.7 Å². The van der Waals surface area contributed by atoms with Gasteiger partial charge in [-0.05, 0) is 42.0 Å². The van der Waals surface area contributed by atoms with E-state index >= 15 is 0 Å². The maximum Gasteiger partial charge on any atom is 0.254 e. The summed E-state index contributed by atoms with van der Waals surface area (Å²) in [6.45, 7) is 0.556. The summed E-state index contributed by atoms with van der Waals surface area (Å²) in [5.41, 5.74) is 4.12. The van der Waals surface area contributed by atoms with Crippen LogP contribution in [0, 0.1) is 5.82 Å². The van der Waals surface area contributed by atoms with Gasteiger partial charge in [-0.2, -0.15) is 0 Å². The fourth-order valence-corrected chi connectivity index (χ4v) is 5.27. The maximum atomic E-state index is 14.0. The number of hydrogen-bond donors (Lipinski definition) is 1. The number of carbonyl (C=O) groups is 1. The van der Waals surface area contributed by atoms with Crippen LogP contribution in [0.2, 0.25) is 5.02 Å². The first kappa shape index (κ1) is 22.7. The van der Waals surface area contributed by atoms with Gasteiger partial charge in [0.05, 0.1) is 30.8 Å². The summed E-state index contributed by atoms with van der Waals surface area (Å²) < 4.78 is 22.1. The largest absolute Gasteiger partial charge is 0.497 e. The number of carbonyl (C=O) groups excluding carboxylic acids is 1. The van der Waals surface area contributed by atoms with Crippen LogP contribution in [0.4, 0.5) is 10.3 Å². The topological polar surface area (TPSA) is 59.4 Å². The Kier molecular flexibility index (Phi) is 5.73. The lowest BCUT2D eigenvalue weighted by Gasteiger charge is -2.17. The highest BCUT2D eigenvalue weighted by molar-refractivity contribution is 9.10. The molecule has 0 fully saturated rings. The van der Waals surface area contributed by atoms with Crippen molar-refractivity contribution in [1.29, 1.82) is 0 Å². The molecule has 2 heterocycles. The van der Waals surface area contributed by atoms with Crippen molar-refractivity contribution in [3.63, 3.8) is 0 Å². The Morgan fingerprint density at radius 2 is 1.94 bits per heavy atom. The Labute approximate surface area is 209 Å². The first-order valence-electron chi connectivity index (χ1n) is 10.6. The number of methoxy groups -OCH3 is 1. The van der Waals surface area contributed by atoms with Crippen molar-refractivity contribution in [1.82, 2.24) is 14.9 Å². The van der Waals surface area contributed by atoms with Crippen LogP contribution in [0.15, 0.2) is 53.0 Å². The summed E-state index contributed by atoms with van der Waals surface area (Å²) >= 11 is 10.0. The minimum Gasteiger partial charge on any atom is -0.497 e. The molecule has 5 rings (SSSR count). The smallest absolute Gasteiger partial charge is 0.254 e. The van der Waals surface area contributed by atoms with Crippen LogP contribution in [-0.4, -0.2) is 36.7 Å². The predicted octanol–water partition coefficient (Wildman–Crippen LogP) is 5.55. The molecule has 0 spiro atoms. The molecule has 34 heavy (non-hydrogen) atoms. The van der Waals surface area contributed by atoms with Crippen LogP contribution in [0.25, 0.3) is 11.0 Å². The number of benzene rings is 3. The van der Waals surface area contributed by atoms with E-state index in [1.54, 1.807) is 7.11 Å². The zero-order valence-electron chi connectivity index (χ0n) is 18.7. The van der Waals surface area contributed by atoms with Gasteiger partial charge in [0.25, 0.3) is 5.91 Å². The van der Waals surface area contributed by atoms with E-state index < -0.39 is 11.9 Å². The first-order chi connectivity index (χ1) is 16.3. The molecule has 4 aromatic rings. The lowest BCUT2D eigenvalue weighted by Crippen LogP contribution is -2.20. The molecular weight excluding hydrogens is 523 g/mol. The molecular formula is C25H21BrClFN4O2. The Bertz CT molecular complexity index is 1440. The number of fused-ring (bicyclic) bond motifs is 3. The van der Waals surface area contributed by atoms with Crippen LogP contribution < -0.4 is 15.0 Å². The third-order valence-electron chi connectivity index (χ3n) is 5.97. The molecule has 1 unspecified atom stereocenters. The standard InChI is InChI=1S/C25H21BrClFN4O2/c1-31(2)25-30-23-19(32(25)12-13-4-7-15(34-3)8-5-13)11-17(26)20-21(23)24(33)29-22(20)16-10-14(28)6-9-18(16)27/h4-11,22H,12H2,1-3H3,(H,29,33). The van der Waals surface area contributed by atoms with Crippen LogP contribution in [0.5, 0.6) is 5.75 Å². The van der Waals surface area contributed by atoms with Gasteiger partial charge in [0.1, 0.15) is 17.1 Å². The van der Waals surface area contributed by atoms with Crippen LogP contribution in [-0.2, 0) is 6.54 Å². The number of ether oxygens (including phenoxy) is 1. The van der Waals surface area contributed by atoms with Crippen molar-refractivity contribution >= 4 is 50.4 Å². The lowest BCUT2D eigenvalue weighted by molar-refractivity contribution is 0.0961. The summed E-state index contributed by atoms with van der Waals surface area (Å²) in [6.07, 6.45) is 0. The number of nitrogens with one attached hydrogen (secondary N) is 1. The van der Waals surface area contributed by atoms with E-state index in [4.69, 9.17) is 21.3 Å². The van der Waals surface area contributed by atoms with Crippen LogP contribution in [0.1, 0.15) is 33.1 Å². The predicted molar refractivity (Wildman–Crippen MR) is 135 cm³/mol. The van der Waals surface area contributed by atoms with Gasteiger partial charge in [0, 0.05) is 34.7 Å². The molecule has 1 aliphatic rings. The van der Waals surface area contributed by atoms with Gasteiger partial charge in [-0.15, -0.1) is 0 Å². The van der Waals surface area contributed by atoms with Gasteiger partial charge < -0.3 is 19.5 Å². The zero-order valence-corrected chi connectivity index (χ0v) is 21.0. The summed E-state index contributed by atoms with van der Waals surface area (Å²) in [4.78, 5) is 19.9. The number of halogens is 3. The van der Waals surface area contributed by atoms with Gasteiger partial charge in [-0.3, -0.25) is 4.79 Å². The summed E-state index contributed by atoms with van der Waals surface area (Å²) in [5.74, 6) is 0.807. The Morgan fingerprint density at radius 1 is 1.21 bits per heavy atom. The summed E-state index contributed by atoms with van der Waals surface area (Å²) in [6, 6.07) is 13.4. The number of aromatic nitrogens is 2. The van der Waals surface area contributed by atoms with Gasteiger partial charge in [0.2, 0.25) is 5.95 Å². The molecule has 1 atom stereocenters. The van der Waals surface area contributed by atoms with Gasteiger partial charge in [0.15, 0.2) is 0 Å². The van der Waals surface area contributed by atoms with E-state index in [1.165, 1.54) is 18.2 Å². The number of amides is 1. The third kappa shape index (κ3) is 3.71. The number of hydrogen-bond acceptors (Lipinski definition) is 4. The van der Waals surface area contributed by atoms with E-state index in [1.807, 2.05) is 49.3 Å². The molecule has 1 N–H and O–H groups in total. The second-order valence-electron chi connectivity index (χ2n) is 8.33. The van der Waals surface area contributed by atoms with E-state index in [2.05, 4.69) is 25.8 Å². The highest BCUT2D eigenvalue weighted by Crippen LogP contribution is 2.43. The minimum atomic E-state index is -0.584. The number of anilines is 1. The summed E-state index contributed by atoms with van der Waals surface area (Å²) in [7, 11) is 5.46. The second kappa shape index (κ2) is 8.60. The highest BCUT2D eigenvalue weighted by atomic mass is 79.9. The Balaban J connectivity index is 1.69. The molecule has 9 heteroatoms. The van der Waals surface area contributed by atoms with Crippen molar-refractivity contribution in [3.8, 4) is 5.75 Å². The molecule has 0 saturated carbocycles. The molecule has 0 saturated heterocycles. The molecule has 1 amide bonds. The quantitative estimate of drug-likeness (QED) is 0.359. The normalized spacial score (nSPS) is 14.9. The molecule has 6 nitrogen and oxygen atoms in total. The van der Waals surface area contributed by atoms with Gasteiger partial charge in [-0.25, -0.2) is 9.37 Å². The third-order valence-corrected chi connectivity index (χ3v) is 6.97. The van der Waals surface area contributed by atoms with E-state index in [9.17, 15) is 9.18 Å². The monoisotopic (exact) mass is 542 g/mol. The number of rotatable bonds is 5. The average Bonchev–Trinajstić information content (AvgIpc) is 3.34. The van der Waals surface area contributed by atoms with Gasteiger partial charge >= 0.3 is 0 Å². The molecule has 1 aromatic heterocycles. The van der Waals surface area contributed by atoms with E-state index in [0.717, 1.165) is 21.3 Å². The molecule has 0 aliphatic carbocycles. The van der Waals surface area contributed by atoms with Crippen molar-refractivity contribution in [2.45, 2.75) is 12.6 Å². The Hall–Kier alpha value is -3.10. The molecule has 0 radical (unpaired) electrons. The average molecular weight is 544 g/mol. The number of nitrogens with zero attached hydrogens (tertiary/aromatic N) is 3. The number of imidazole rings is 1. The van der Waals surface area contributed by atoms with Gasteiger partial charge in [-0.1, -0.05) is 39.7 Å². The molecule has 174 valence electrons. The maximum absolute atomic E-state index is 14.0. The fraction of sp³-hybridized carbons (Fsp3) is 0.200. The van der Waals surface area contributed by atoms with Crippen LogP contribution in [0.3, 0.4) is 0 Å². The highest BCUT2D eigenvalue weighted by Gasteiger charge is 2.36. The molecule has 3 aromatic carbocycles. The zero-order chi connectivity index (χ0) is 24.1.